The monoisotopic (exact) mass is 530 g/mol. The van der Waals surface area contributed by atoms with Crippen molar-refractivity contribution in [2.45, 2.75) is 49.7 Å². The lowest BCUT2D eigenvalue weighted by molar-refractivity contribution is -0.231. The highest BCUT2D eigenvalue weighted by Crippen LogP contribution is 2.35. The number of halogens is 2. The molecule has 4 N–H and O–H groups in total. The van der Waals surface area contributed by atoms with E-state index in [0.29, 0.717) is 36.0 Å². The van der Waals surface area contributed by atoms with Gasteiger partial charge in [0, 0.05) is 5.02 Å². The summed E-state index contributed by atoms with van der Waals surface area (Å²) >= 11 is 6.44. The molecular formula is C28H28ClFO7. The van der Waals surface area contributed by atoms with Crippen molar-refractivity contribution in [2.75, 3.05) is 13.2 Å². The first kappa shape index (κ1) is 26.1. The van der Waals surface area contributed by atoms with Crippen LogP contribution in [0.3, 0.4) is 0 Å². The minimum Gasteiger partial charge on any atom is -0.491 e. The van der Waals surface area contributed by atoms with Crippen LogP contribution in [0.15, 0.2) is 60.7 Å². The Labute approximate surface area is 218 Å². The summed E-state index contributed by atoms with van der Waals surface area (Å²) in [6.07, 6.45) is -5.90. The maximum absolute atomic E-state index is 13.4. The summed E-state index contributed by atoms with van der Waals surface area (Å²) in [7, 11) is 0. The average Bonchev–Trinajstić information content (AvgIpc) is 3.30. The lowest BCUT2D eigenvalue weighted by Gasteiger charge is -2.40. The zero-order valence-electron chi connectivity index (χ0n) is 19.8. The van der Waals surface area contributed by atoms with Crippen LogP contribution in [0.5, 0.6) is 5.75 Å². The van der Waals surface area contributed by atoms with Crippen molar-refractivity contribution >= 4 is 11.6 Å². The van der Waals surface area contributed by atoms with Gasteiger partial charge < -0.3 is 34.6 Å². The SMILES string of the molecule is OC[C@H]1O[C@@H](c2ccc(Cl)c(Cc3ccc(OCC4OCc5cc(F)ccc54)cc3)c2)[C@H](O)[C@@H](O)[C@@H]1O. The summed E-state index contributed by atoms with van der Waals surface area (Å²) in [6.45, 7) is 0.183. The molecule has 1 saturated heterocycles. The van der Waals surface area contributed by atoms with E-state index in [1.54, 1.807) is 24.3 Å². The van der Waals surface area contributed by atoms with Crippen LogP contribution in [0.2, 0.25) is 5.02 Å². The van der Waals surface area contributed by atoms with Crippen molar-refractivity contribution in [3.05, 3.63) is 99.3 Å². The molecule has 0 amide bonds. The maximum Gasteiger partial charge on any atom is 0.123 e. The Hall–Kier alpha value is -2.56. The molecule has 0 aromatic heterocycles. The van der Waals surface area contributed by atoms with Crippen LogP contribution in [0, 0.1) is 5.82 Å². The zero-order chi connectivity index (χ0) is 26.1. The molecule has 2 aliphatic rings. The van der Waals surface area contributed by atoms with Gasteiger partial charge in [0.1, 0.15) is 54.8 Å². The summed E-state index contributed by atoms with van der Waals surface area (Å²) in [5, 5.41) is 40.6. The fraction of sp³-hybridized carbons (Fsp3) is 0.357. The smallest absolute Gasteiger partial charge is 0.123 e. The molecule has 6 atom stereocenters. The molecule has 9 heteroatoms. The number of benzene rings is 3. The summed E-state index contributed by atoms with van der Waals surface area (Å²) in [4.78, 5) is 0. The van der Waals surface area contributed by atoms with Gasteiger partial charge >= 0.3 is 0 Å². The van der Waals surface area contributed by atoms with Crippen molar-refractivity contribution < 1.29 is 39.0 Å². The van der Waals surface area contributed by atoms with E-state index in [0.717, 1.165) is 22.3 Å². The second-order valence-corrected chi connectivity index (χ2v) is 9.78. The molecule has 2 aliphatic heterocycles. The van der Waals surface area contributed by atoms with Crippen molar-refractivity contribution in [3.8, 4) is 5.75 Å². The third-order valence-corrected chi connectivity index (χ3v) is 7.27. The summed E-state index contributed by atoms with van der Waals surface area (Å²) in [6, 6.07) is 17.4. The number of fused-ring (bicyclic) bond motifs is 1. The standard InChI is InChI=1S/C28H28ClFO7/c29-22-8-3-16(28-27(34)26(33)25(32)23(12-31)37-28)10-17(22)9-15-1-5-20(6-2-15)35-14-24-21-7-4-19(30)11-18(21)13-36-24/h1-8,10-11,23-28,31-34H,9,12-14H2/t23-,24?,25-,26+,27-,28+/m1/s1. The van der Waals surface area contributed by atoms with Crippen LogP contribution in [0.4, 0.5) is 4.39 Å². The zero-order valence-corrected chi connectivity index (χ0v) is 20.6. The third kappa shape index (κ3) is 5.51. The summed E-state index contributed by atoms with van der Waals surface area (Å²) in [5.41, 5.74) is 4.11. The maximum atomic E-state index is 13.4. The number of ether oxygens (including phenoxy) is 3. The van der Waals surface area contributed by atoms with E-state index >= 15 is 0 Å². The van der Waals surface area contributed by atoms with Gasteiger partial charge in [0.05, 0.1) is 13.2 Å². The normalized spacial score (nSPS) is 27.2. The van der Waals surface area contributed by atoms with Gasteiger partial charge in [0.2, 0.25) is 0 Å². The van der Waals surface area contributed by atoms with E-state index in [1.165, 1.54) is 12.1 Å². The van der Waals surface area contributed by atoms with Crippen molar-refractivity contribution in [2.24, 2.45) is 0 Å². The molecule has 37 heavy (non-hydrogen) atoms. The van der Waals surface area contributed by atoms with Gasteiger partial charge in [-0.1, -0.05) is 41.9 Å². The molecule has 7 nitrogen and oxygen atoms in total. The molecule has 3 aromatic carbocycles. The first-order chi connectivity index (χ1) is 17.8. The molecule has 196 valence electrons. The van der Waals surface area contributed by atoms with E-state index in [1.807, 2.05) is 24.3 Å². The molecule has 2 heterocycles. The highest BCUT2D eigenvalue weighted by molar-refractivity contribution is 6.31. The molecule has 0 bridgehead atoms. The number of aliphatic hydroxyl groups excluding tert-OH is 4. The summed E-state index contributed by atoms with van der Waals surface area (Å²) in [5.74, 6) is 0.391. The van der Waals surface area contributed by atoms with Gasteiger partial charge in [0.25, 0.3) is 0 Å². The van der Waals surface area contributed by atoms with Crippen LogP contribution < -0.4 is 4.74 Å². The van der Waals surface area contributed by atoms with Gasteiger partial charge in [0.15, 0.2) is 0 Å². The fourth-order valence-electron chi connectivity index (χ4n) is 4.81. The van der Waals surface area contributed by atoms with E-state index < -0.39 is 37.1 Å². The predicted molar refractivity (Wildman–Crippen MR) is 133 cm³/mol. The first-order valence-electron chi connectivity index (χ1n) is 12.0. The number of rotatable bonds is 7. The molecule has 1 fully saturated rings. The van der Waals surface area contributed by atoms with E-state index in [-0.39, 0.29) is 11.9 Å². The summed E-state index contributed by atoms with van der Waals surface area (Å²) < 4.78 is 30.7. The average molecular weight is 531 g/mol. The highest BCUT2D eigenvalue weighted by Gasteiger charge is 2.44. The molecular weight excluding hydrogens is 503 g/mol. The lowest BCUT2D eigenvalue weighted by Crippen LogP contribution is -2.55. The Morgan fingerprint density at radius 2 is 1.73 bits per heavy atom. The molecule has 0 aliphatic carbocycles. The molecule has 1 unspecified atom stereocenters. The topological polar surface area (TPSA) is 109 Å². The van der Waals surface area contributed by atoms with Crippen LogP contribution in [0.1, 0.15) is 40.0 Å². The van der Waals surface area contributed by atoms with Crippen LogP contribution in [-0.4, -0.2) is 58.1 Å². The van der Waals surface area contributed by atoms with Gasteiger partial charge in [-0.3, -0.25) is 0 Å². The Morgan fingerprint density at radius 3 is 2.49 bits per heavy atom. The lowest BCUT2D eigenvalue weighted by atomic mass is 9.90. The molecule has 0 radical (unpaired) electrons. The Morgan fingerprint density at radius 1 is 0.946 bits per heavy atom. The number of hydrogen-bond acceptors (Lipinski definition) is 7. The highest BCUT2D eigenvalue weighted by atomic mass is 35.5. The van der Waals surface area contributed by atoms with Crippen molar-refractivity contribution in [1.82, 2.24) is 0 Å². The van der Waals surface area contributed by atoms with Gasteiger partial charge in [-0.15, -0.1) is 0 Å². The third-order valence-electron chi connectivity index (χ3n) is 6.90. The quantitative estimate of drug-likeness (QED) is 0.371. The van der Waals surface area contributed by atoms with E-state index in [4.69, 9.17) is 25.8 Å². The van der Waals surface area contributed by atoms with E-state index in [2.05, 4.69) is 0 Å². The first-order valence-corrected chi connectivity index (χ1v) is 12.4. The van der Waals surface area contributed by atoms with Crippen LogP contribution in [0.25, 0.3) is 0 Å². The molecule has 0 saturated carbocycles. The number of hydrogen-bond donors (Lipinski definition) is 4. The molecule has 3 aromatic rings. The Bertz CT molecular complexity index is 1240. The minimum absolute atomic E-state index is 0.251. The van der Waals surface area contributed by atoms with Gasteiger partial charge in [-0.25, -0.2) is 4.39 Å². The van der Waals surface area contributed by atoms with Gasteiger partial charge in [-0.2, -0.15) is 0 Å². The molecule has 0 spiro atoms. The van der Waals surface area contributed by atoms with Gasteiger partial charge in [-0.05, 0) is 64.6 Å². The fourth-order valence-corrected chi connectivity index (χ4v) is 5.00. The second kappa shape index (κ2) is 11.0. The van der Waals surface area contributed by atoms with E-state index in [9.17, 15) is 24.8 Å². The van der Waals surface area contributed by atoms with Crippen LogP contribution in [-0.2, 0) is 22.5 Å². The van der Waals surface area contributed by atoms with Crippen LogP contribution >= 0.6 is 11.6 Å². The predicted octanol–water partition coefficient (Wildman–Crippen LogP) is 3.24. The molecule has 5 rings (SSSR count). The van der Waals surface area contributed by atoms with Crippen molar-refractivity contribution in [3.63, 3.8) is 0 Å². The Kier molecular flexibility index (Phi) is 7.78. The minimum atomic E-state index is -1.45. The number of aliphatic hydroxyl groups is 4. The van der Waals surface area contributed by atoms with Crippen molar-refractivity contribution in [1.29, 1.82) is 0 Å². The second-order valence-electron chi connectivity index (χ2n) is 9.37. The largest absolute Gasteiger partial charge is 0.491 e. The Balaban J connectivity index is 1.24.